The highest BCUT2D eigenvalue weighted by molar-refractivity contribution is 7.80. The summed E-state index contributed by atoms with van der Waals surface area (Å²) in [5.74, 6) is 0. The summed E-state index contributed by atoms with van der Waals surface area (Å²) >= 11 is 17.2. The van der Waals surface area contributed by atoms with Crippen LogP contribution in [0.3, 0.4) is 0 Å². The van der Waals surface area contributed by atoms with E-state index in [1.165, 1.54) is 0 Å². The van der Waals surface area contributed by atoms with Crippen molar-refractivity contribution in [2.45, 2.75) is 6.92 Å². The first kappa shape index (κ1) is 14.1. The van der Waals surface area contributed by atoms with E-state index in [1.807, 2.05) is 37.3 Å². The number of aryl methyl sites for hydroxylation is 1. The molecule has 2 rings (SSSR count). The fourth-order valence-corrected chi connectivity index (χ4v) is 2.29. The molecular weight excluding hydrogens is 299 g/mol. The predicted octanol–water partition coefficient (Wildman–Crippen LogP) is 4.68. The average Bonchev–Trinajstić information content (AvgIpc) is 2.36. The van der Waals surface area contributed by atoms with Gasteiger partial charge in [-0.1, -0.05) is 53.6 Å². The van der Waals surface area contributed by atoms with Gasteiger partial charge in [-0.25, -0.2) is 0 Å². The molecule has 0 saturated carbocycles. The van der Waals surface area contributed by atoms with Gasteiger partial charge in [0.15, 0.2) is 0 Å². The van der Waals surface area contributed by atoms with Crippen LogP contribution in [-0.2, 0) is 0 Å². The molecule has 2 aromatic carbocycles. The van der Waals surface area contributed by atoms with E-state index in [9.17, 15) is 0 Å². The Morgan fingerprint density at radius 1 is 1.16 bits per heavy atom. The molecule has 0 saturated heterocycles. The van der Waals surface area contributed by atoms with Crippen LogP contribution in [0.15, 0.2) is 36.4 Å². The quantitative estimate of drug-likeness (QED) is 0.808. The molecule has 2 aromatic rings. The standard InChI is InChI=1S/C14H12Cl2N2S/c1-8-4-2-5-9(14(17)19)13(8)18-11-7-3-6-10(15)12(11)16/h2-7,18H,1H3,(H2,17,19). The van der Waals surface area contributed by atoms with Crippen LogP contribution in [0.5, 0.6) is 0 Å². The summed E-state index contributed by atoms with van der Waals surface area (Å²) in [5.41, 5.74) is 9.12. The van der Waals surface area contributed by atoms with E-state index in [4.69, 9.17) is 41.2 Å². The molecule has 0 aliphatic rings. The molecule has 0 spiro atoms. The second-order valence-corrected chi connectivity index (χ2v) is 5.31. The van der Waals surface area contributed by atoms with E-state index < -0.39 is 0 Å². The zero-order valence-corrected chi connectivity index (χ0v) is 12.5. The highest BCUT2D eigenvalue weighted by Gasteiger charge is 2.11. The number of hydrogen-bond acceptors (Lipinski definition) is 2. The predicted molar refractivity (Wildman–Crippen MR) is 86.8 cm³/mol. The zero-order valence-electron chi connectivity index (χ0n) is 10.2. The molecular formula is C14H12Cl2N2S. The number of halogens is 2. The van der Waals surface area contributed by atoms with Gasteiger partial charge in [0.1, 0.15) is 4.99 Å². The van der Waals surface area contributed by atoms with E-state index in [-0.39, 0.29) is 0 Å². The van der Waals surface area contributed by atoms with E-state index >= 15 is 0 Å². The number of anilines is 2. The molecule has 0 radical (unpaired) electrons. The van der Waals surface area contributed by atoms with Gasteiger partial charge in [0.2, 0.25) is 0 Å². The average molecular weight is 311 g/mol. The van der Waals surface area contributed by atoms with E-state index in [1.54, 1.807) is 6.07 Å². The fraction of sp³-hybridized carbons (Fsp3) is 0.0714. The third kappa shape index (κ3) is 3.00. The minimum Gasteiger partial charge on any atom is -0.389 e. The van der Waals surface area contributed by atoms with Gasteiger partial charge in [-0.3, -0.25) is 0 Å². The van der Waals surface area contributed by atoms with Crippen LogP contribution in [0.4, 0.5) is 11.4 Å². The summed E-state index contributed by atoms with van der Waals surface area (Å²) in [5, 5.41) is 4.22. The Balaban J connectivity index is 2.49. The maximum Gasteiger partial charge on any atom is 0.106 e. The first-order valence-corrected chi connectivity index (χ1v) is 6.77. The number of benzene rings is 2. The lowest BCUT2D eigenvalue weighted by Crippen LogP contribution is -2.12. The number of para-hydroxylation sites is 1. The molecule has 0 unspecified atom stereocenters. The van der Waals surface area contributed by atoms with Crippen LogP contribution >= 0.6 is 35.4 Å². The molecule has 0 amide bonds. The Morgan fingerprint density at radius 3 is 2.53 bits per heavy atom. The number of rotatable bonds is 3. The van der Waals surface area contributed by atoms with Crippen molar-refractivity contribution in [3.8, 4) is 0 Å². The fourth-order valence-electron chi connectivity index (χ4n) is 1.77. The Morgan fingerprint density at radius 2 is 1.84 bits per heavy atom. The van der Waals surface area contributed by atoms with Crippen molar-refractivity contribution in [3.63, 3.8) is 0 Å². The molecule has 0 fully saturated rings. The molecule has 98 valence electrons. The van der Waals surface area contributed by atoms with Gasteiger partial charge in [0, 0.05) is 5.56 Å². The van der Waals surface area contributed by atoms with Gasteiger partial charge in [-0.15, -0.1) is 0 Å². The van der Waals surface area contributed by atoms with Gasteiger partial charge >= 0.3 is 0 Å². The van der Waals surface area contributed by atoms with Crippen LogP contribution in [0, 0.1) is 6.92 Å². The van der Waals surface area contributed by atoms with Gasteiger partial charge in [-0.2, -0.15) is 0 Å². The normalized spacial score (nSPS) is 10.3. The lowest BCUT2D eigenvalue weighted by molar-refractivity contribution is 1.41. The summed E-state index contributed by atoms with van der Waals surface area (Å²) in [6, 6.07) is 11.2. The Kier molecular flexibility index (Phi) is 4.30. The van der Waals surface area contributed by atoms with Crippen LogP contribution in [0.25, 0.3) is 0 Å². The highest BCUT2D eigenvalue weighted by Crippen LogP contribution is 2.33. The third-order valence-corrected chi connectivity index (χ3v) is 3.79. The maximum absolute atomic E-state index is 6.17. The van der Waals surface area contributed by atoms with Gasteiger partial charge < -0.3 is 11.1 Å². The van der Waals surface area contributed by atoms with Crippen molar-refractivity contribution >= 4 is 51.8 Å². The van der Waals surface area contributed by atoms with Crippen molar-refractivity contribution in [2.75, 3.05) is 5.32 Å². The number of nitrogens with one attached hydrogen (secondary N) is 1. The maximum atomic E-state index is 6.17. The molecule has 2 nitrogen and oxygen atoms in total. The zero-order chi connectivity index (χ0) is 14.0. The second kappa shape index (κ2) is 5.78. The number of hydrogen-bond donors (Lipinski definition) is 2. The van der Waals surface area contributed by atoms with Crippen molar-refractivity contribution < 1.29 is 0 Å². The Labute approximate surface area is 127 Å². The summed E-state index contributed by atoms with van der Waals surface area (Å²) in [4.78, 5) is 0.337. The summed E-state index contributed by atoms with van der Waals surface area (Å²) in [6.45, 7) is 1.97. The largest absolute Gasteiger partial charge is 0.389 e. The smallest absolute Gasteiger partial charge is 0.106 e. The van der Waals surface area contributed by atoms with E-state index in [0.29, 0.717) is 15.0 Å². The van der Waals surface area contributed by atoms with E-state index in [2.05, 4.69) is 5.32 Å². The van der Waals surface area contributed by atoms with Crippen LogP contribution in [-0.4, -0.2) is 4.99 Å². The molecule has 0 aromatic heterocycles. The minimum atomic E-state index is 0.337. The molecule has 0 bridgehead atoms. The molecule has 0 atom stereocenters. The topological polar surface area (TPSA) is 38.0 Å². The number of thiocarbonyl (C=S) groups is 1. The van der Waals surface area contributed by atoms with Gasteiger partial charge in [0.25, 0.3) is 0 Å². The molecule has 3 N–H and O–H groups in total. The van der Waals surface area contributed by atoms with Crippen LogP contribution < -0.4 is 11.1 Å². The SMILES string of the molecule is Cc1cccc(C(N)=S)c1Nc1cccc(Cl)c1Cl. The van der Waals surface area contributed by atoms with Crippen molar-refractivity contribution in [2.24, 2.45) is 5.73 Å². The number of nitrogens with two attached hydrogens (primary N) is 1. The second-order valence-electron chi connectivity index (χ2n) is 4.09. The lowest BCUT2D eigenvalue weighted by Gasteiger charge is -2.15. The van der Waals surface area contributed by atoms with Crippen molar-refractivity contribution in [3.05, 3.63) is 57.6 Å². The summed E-state index contributed by atoms with van der Waals surface area (Å²) in [6.07, 6.45) is 0. The minimum absolute atomic E-state index is 0.337. The molecule has 0 aliphatic heterocycles. The molecule has 19 heavy (non-hydrogen) atoms. The van der Waals surface area contributed by atoms with Crippen molar-refractivity contribution in [1.29, 1.82) is 0 Å². The highest BCUT2D eigenvalue weighted by atomic mass is 35.5. The summed E-state index contributed by atoms with van der Waals surface area (Å²) < 4.78 is 0. The Hall–Kier alpha value is -1.29. The van der Waals surface area contributed by atoms with Crippen molar-refractivity contribution in [1.82, 2.24) is 0 Å². The molecule has 0 heterocycles. The monoisotopic (exact) mass is 310 g/mol. The first-order valence-electron chi connectivity index (χ1n) is 5.61. The van der Waals surface area contributed by atoms with E-state index in [0.717, 1.165) is 22.5 Å². The Bertz CT molecular complexity index is 641. The molecule has 5 heteroatoms. The first-order chi connectivity index (χ1) is 9.00. The molecule has 0 aliphatic carbocycles. The van der Waals surface area contributed by atoms with Crippen LogP contribution in [0.1, 0.15) is 11.1 Å². The lowest BCUT2D eigenvalue weighted by atomic mass is 10.1. The summed E-state index contributed by atoms with van der Waals surface area (Å²) in [7, 11) is 0. The van der Waals surface area contributed by atoms with Gasteiger partial charge in [-0.05, 0) is 30.7 Å². The van der Waals surface area contributed by atoms with Crippen LogP contribution in [0.2, 0.25) is 10.0 Å². The van der Waals surface area contributed by atoms with Gasteiger partial charge in [0.05, 0.1) is 21.4 Å². The third-order valence-electron chi connectivity index (χ3n) is 2.75.